The van der Waals surface area contributed by atoms with Gasteiger partial charge in [0.05, 0.1) is 11.3 Å². The number of hydrogen-bond acceptors (Lipinski definition) is 2. The molecule has 0 saturated heterocycles. The monoisotopic (exact) mass is 497 g/mol. The van der Waals surface area contributed by atoms with Crippen LogP contribution in [0.5, 0.6) is 0 Å². The number of benzene rings is 2. The van der Waals surface area contributed by atoms with Crippen LogP contribution < -0.4 is 16.0 Å². The standard InChI is InChI=1S/C16H12BrCl3FN3OS/c17-10-6-2-4-8-12(10)22-15(26)24-14(16(18,19)20)23-13(25)9-5-1-3-7-11(9)21/h1-8,14H,(H,23,25)(H2,22,24,26)/t14-/m1/s1. The molecule has 0 aromatic heterocycles. The highest BCUT2D eigenvalue weighted by molar-refractivity contribution is 9.10. The lowest BCUT2D eigenvalue weighted by atomic mass is 10.2. The molecule has 0 saturated carbocycles. The maximum absolute atomic E-state index is 13.8. The molecule has 0 heterocycles. The van der Waals surface area contributed by atoms with Crippen molar-refractivity contribution in [1.82, 2.24) is 10.6 Å². The molecule has 0 spiro atoms. The van der Waals surface area contributed by atoms with E-state index in [0.717, 1.165) is 10.5 Å². The van der Waals surface area contributed by atoms with Crippen LogP contribution in [0.2, 0.25) is 0 Å². The zero-order chi connectivity index (χ0) is 19.3. The lowest BCUT2D eigenvalue weighted by Crippen LogP contribution is -2.56. The zero-order valence-electron chi connectivity index (χ0n) is 12.9. The fourth-order valence-electron chi connectivity index (χ4n) is 1.91. The van der Waals surface area contributed by atoms with Crippen molar-refractivity contribution < 1.29 is 9.18 Å². The molecular weight excluding hydrogens is 488 g/mol. The number of halogens is 5. The summed E-state index contributed by atoms with van der Waals surface area (Å²) in [5, 5.41) is 8.13. The Labute approximate surface area is 178 Å². The second kappa shape index (κ2) is 9.19. The molecule has 2 aromatic rings. The lowest BCUT2D eigenvalue weighted by Gasteiger charge is -2.28. The first-order valence-corrected chi connectivity index (χ1v) is 9.46. The van der Waals surface area contributed by atoms with Crippen molar-refractivity contribution in [3.05, 3.63) is 64.4 Å². The van der Waals surface area contributed by atoms with Gasteiger partial charge in [0.2, 0.25) is 3.79 Å². The average Bonchev–Trinajstić information content (AvgIpc) is 2.56. The van der Waals surface area contributed by atoms with Crippen molar-refractivity contribution in [2.24, 2.45) is 0 Å². The molecule has 0 aliphatic heterocycles. The van der Waals surface area contributed by atoms with Crippen LogP contribution in [0.3, 0.4) is 0 Å². The molecule has 26 heavy (non-hydrogen) atoms. The fourth-order valence-corrected chi connectivity index (χ4v) is 2.85. The molecule has 2 aromatic carbocycles. The molecular formula is C16H12BrCl3FN3OS. The van der Waals surface area contributed by atoms with Crippen LogP contribution in [-0.2, 0) is 0 Å². The second-order valence-electron chi connectivity index (χ2n) is 5.01. The lowest BCUT2D eigenvalue weighted by molar-refractivity contribution is 0.0930. The van der Waals surface area contributed by atoms with E-state index in [4.69, 9.17) is 47.0 Å². The number of carbonyl (C=O) groups excluding carboxylic acids is 1. The van der Waals surface area contributed by atoms with E-state index >= 15 is 0 Å². The molecule has 0 aliphatic carbocycles. The van der Waals surface area contributed by atoms with Gasteiger partial charge in [-0.25, -0.2) is 4.39 Å². The van der Waals surface area contributed by atoms with Crippen LogP contribution in [-0.4, -0.2) is 21.0 Å². The molecule has 1 amide bonds. The summed E-state index contributed by atoms with van der Waals surface area (Å²) in [6, 6.07) is 12.7. The summed E-state index contributed by atoms with van der Waals surface area (Å²) in [6.07, 6.45) is -1.21. The van der Waals surface area contributed by atoms with Crippen molar-refractivity contribution in [3.8, 4) is 0 Å². The molecule has 1 atom stereocenters. The number of amides is 1. The first-order valence-electron chi connectivity index (χ1n) is 7.12. The SMILES string of the molecule is O=C(N[C@H](NC(=S)Nc1ccccc1Br)C(Cl)(Cl)Cl)c1ccccc1F. The average molecular weight is 500 g/mol. The summed E-state index contributed by atoms with van der Waals surface area (Å²) < 4.78 is 12.6. The smallest absolute Gasteiger partial charge is 0.255 e. The number of para-hydroxylation sites is 1. The molecule has 0 radical (unpaired) electrons. The van der Waals surface area contributed by atoms with Gasteiger partial charge in [0.25, 0.3) is 5.91 Å². The number of alkyl halides is 3. The van der Waals surface area contributed by atoms with E-state index in [1.165, 1.54) is 18.2 Å². The van der Waals surface area contributed by atoms with Gasteiger partial charge in [-0.05, 0) is 52.4 Å². The molecule has 3 N–H and O–H groups in total. The van der Waals surface area contributed by atoms with Crippen molar-refractivity contribution in [2.75, 3.05) is 5.32 Å². The van der Waals surface area contributed by atoms with Gasteiger partial charge >= 0.3 is 0 Å². The Balaban J connectivity index is 2.10. The highest BCUT2D eigenvalue weighted by atomic mass is 79.9. The van der Waals surface area contributed by atoms with E-state index in [0.29, 0.717) is 5.69 Å². The topological polar surface area (TPSA) is 53.2 Å². The molecule has 138 valence electrons. The molecule has 0 unspecified atom stereocenters. The highest BCUT2D eigenvalue weighted by Gasteiger charge is 2.35. The molecule has 2 rings (SSSR count). The van der Waals surface area contributed by atoms with Gasteiger partial charge in [-0.2, -0.15) is 0 Å². The van der Waals surface area contributed by atoms with Crippen LogP contribution >= 0.6 is 63.0 Å². The van der Waals surface area contributed by atoms with Gasteiger partial charge in [-0.1, -0.05) is 59.1 Å². The summed E-state index contributed by atoms with van der Waals surface area (Å²) in [5.74, 6) is -1.45. The summed E-state index contributed by atoms with van der Waals surface area (Å²) in [6.45, 7) is 0. The van der Waals surface area contributed by atoms with Crippen molar-refractivity contribution >= 4 is 79.7 Å². The summed E-state index contributed by atoms with van der Waals surface area (Å²) in [7, 11) is 0. The van der Waals surface area contributed by atoms with Gasteiger partial charge in [0.1, 0.15) is 12.0 Å². The Morgan fingerprint density at radius 1 is 1.08 bits per heavy atom. The van der Waals surface area contributed by atoms with E-state index in [2.05, 4.69) is 31.9 Å². The third-order valence-electron chi connectivity index (χ3n) is 3.12. The third kappa shape index (κ3) is 5.96. The first kappa shape index (κ1) is 21.2. The van der Waals surface area contributed by atoms with Gasteiger partial charge in [-0.15, -0.1) is 0 Å². The Bertz CT molecular complexity index is 819. The van der Waals surface area contributed by atoms with Gasteiger partial charge in [-0.3, -0.25) is 4.79 Å². The van der Waals surface area contributed by atoms with Crippen molar-refractivity contribution in [1.29, 1.82) is 0 Å². The summed E-state index contributed by atoms with van der Waals surface area (Å²) >= 11 is 26.3. The molecule has 4 nitrogen and oxygen atoms in total. The maximum Gasteiger partial charge on any atom is 0.255 e. The first-order chi connectivity index (χ1) is 12.2. The predicted octanol–water partition coefficient (Wildman–Crippen LogP) is 5.00. The maximum atomic E-state index is 13.8. The van der Waals surface area contributed by atoms with E-state index in [-0.39, 0.29) is 10.7 Å². The second-order valence-corrected chi connectivity index (χ2v) is 8.64. The number of thiocarbonyl (C=S) groups is 1. The minimum atomic E-state index is -1.94. The van der Waals surface area contributed by atoms with Gasteiger partial charge in [0.15, 0.2) is 5.11 Å². The Morgan fingerprint density at radius 2 is 1.69 bits per heavy atom. The van der Waals surface area contributed by atoms with E-state index < -0.39 is 21.7 Å². The Morgan fingerprint density at radius 3 is 2.31 bits per heavy atom. The zero-order valence-corrected chi connectivity index (χ0v) is 17.6. The van der Waals surface area contributed by atoms with Crippen molar-refractivity contribution in [3.63, 3.8) is 0 Å². The van der Waals surface area contributed by atoms with Crippen molar-refractivity contribution in [2.45, 2.75) is 9.96 Å². The number of hydrogen-bond donors (Lipinski definition) is 3. The fraction of sp³-hybridized carbons (Fsp3) is 0.125. The Kier molecular flexibility index (Phi) is 7.49. The number of carbonyl (C=O) groups is 1. The summed E-state index contributed by atoms with van der Waals surface area (Å²) in [4.78, 5) is 12.3. The van der Waals surface area contributed by atoms with Gasteiger partial charge in [0, 0.05) is 4.47 Å². The number of rotatable bonds is 4. The quantitative estimate of drug-likeness (QED) is 0.315. The molecule has 0 fully saturated rings. The number of nitrogens with one attached hydrogen (secondary N) is 3. The molecule has 0 aliphatic rings. The van der Waals surface area contributed by atoms with Gasteiger partial charge < -0.3 is 16.0 Å². The van der Waals surface area contributed by atoms with Crippen LogP contribution in [0.1, 0.15) is 10.4 Å². The third-order valence-corrected chi connectivity index (χ3v) is 4.68. The normalized spacial score (nSPS) is 12.2. The van der Waals surface area contributed by atoms with Crippen LogP contribution in [0, 0.1) is 5.82 Å². The van der Waals surface area contributed by atoms with Crippen LogP contribution in [0.4, 0.5) is 10.1 Å². The number of anilines is 1. The summed E-state index contributed by atoms with van der Waals surface area (Å²) in [5.41, 5.74) is 0.492. The van der Waals surface area contributed by atoms with E-state index in [1.807, 2.05) is 18.2 Å². The Hall–Kier alpha value is -1.12. The minimum absolute atomic E-state index is 0.0991. The molecule has 0 bridgehead atoms. The highest BCUT2D eigenvalue weighted by Crippen LogP contribution is 2.29. The van der Waals surface area contributed by atoms with Crippen LogP contribution in [0.25, 0.3) is 0 Å². The predicted molar refractivity (Wildman–Crippen MR) is 111 cm³/mol. The van der Waals surface area contributed by atoms with E-state index in [1.54, 1.807) is 6.07 Å². The van der Waals surface area contributed by atoms with Crippen LogP contribution in [0.15, 0.2) is 53.0 Å². The minimum Gasteiger partial charge on any atom is -0.339 e. The van der Waals surface area contributed by atoms with E-state index in [9.17, 15) is 9.18 Å². The largest absolute Gasteiger partial charge is 0.339 e. The molecule has 10 heteroatoms.